The van der Waals surface area contributed by atoms with E-state index in [2.05, 4.69) is 25.4 Å². The number of nitrogens with two attached hydrogens (primary N) is 1. The van der Waals surface area contributed by atoms with Gasteiger partial charge in [0.25, 0.3) is 0 Å². The highest BCUT2D eigenvalue weighted by molar-refractivity contribution is 5.92. The van der Waals surface area contributed by atoms with E-state index in [1.165, 1.54) is 24.3 Å². The van der Waals surface area contributed by atoms with E-state index >= 15 is 0 Å². The van der Waals surface area contributed by atoms with E-state index in [-0.39, 0.29) is 17.6 Å². The van der Waals surface area contributed by atoms with Crippen LogP contribution >= 0.6 is 0 Å². The third kappa shape index (κ3) is 3.43. The Kier molecular flexibility index (Phi) is 4.39. The summed E-state index contributed by atoms with van der Waals surface area (Å²) in [5.74, 6) is -0.0998. The summed E-state index contributed by atoms with van der Waals surface area (Å²) in [6.07, 6.45) is -0.189. The number of rotatable bonds is 4. The molecule has 5 rings (SSSR count). The molecule has 164 valence electrons. The Balaban J connectivity index is 1.71. The number of nitrogens with one attached hydrogen (secondary N) is 1. The maximum atomic E-state index is 13.3. The zero-order valence-electron chi connectivity index (χ0n) is 16.8. The minimum atomic E-state index is -4.55. The highest BCUT2D eigenvalue weighted by Crippen LogP contribution is 2.43. The van der Waals surface area contributed by atoms with Crippen LogP contribution in [0.15, 0.2) is 36.9 Å². The van der Waals surface area contributed by atoms with Gasteiger partial charge in [0.2, 0.25) is 5.91 Å². The number of aromatic nitrogens is 6. The second-order valence-electron chi connectivity index (χ2n) is 7.57. The minimum Gasteiger partial charge on any atom is -0.382 e. The number of anilines is 2. The van der Waals surface area contributed by atoms with Crippen molar-refractivity contribution in [3.8, 4) is 11.4 Å². The lowest BCUT2D eigenvalue weighted by atomic mass is 10.2. The second-order valence-corrected chi connectivity index (χ2v) is 7.57. The number of nitrogens with zero attached hydrogens (tertiary/aromatic N) is 6. The molecule has 3 N–H and O–H groups in total. The molecule has 1 aliphatic rings. The van der Waals surface area contributed by atoms with Gasteiger partial charge in [-0.2, -0.15) is 18.3 Å². The minimum absolute atomic E-state index is 0.0266. The first-order chi connectivity index (χ1) is 15.2. The largest absolute Gasteiger partial charge is 0.435 e. The molecular weight excluding hydrogens is 425 g/mol. The number of carbonyl (C=O) groups excluding carboxylic acids is 1. The Labute approximate surface area is 179 Å². The van der Waals surface area contributed by atoms with Crippen molar-refractivity contribution >= 4 is 28.6 Å². The molecule has 32 heavy (non-hydrogen) atoms. The Morgan fingerprint density at radius 1 is 1.19 bits per heavy atom. The molecule has 12 heteroatoms. The van der Waals surface area contributed by atoms with Crippen LogP contribution in [0.25, 0.3) is 22.5 Å². The van der Waals surface area contributed by atoms with Gasteiger partial charge in [0.05, 0.1) is 17.1 Å². The summed E-state index contributed by atoms with van der Waals surface area (Å²) in [6, 6.07) is 5.94. The monoisotopic (exact) mass is 442 g/mol. The molecule has 0 unspecified atom stereocenters. The van der Waals surface area contributed by atoms with Gasteiger partial charge in [-0.1, -0.05) is 0 Å². The van der Waals surface area contributed by atoms with Gasteiger partial charge in [0.15, 0.2) is 22.7 Å². The number of imidazole rings is 1. The summed E-state index contributed by atoms with van der Waals surface area (Å²) < 4.78 is 42.9. The fourth-order valence-corrected chi connectivity index (χ4v) is 3.59. The lowest BCUT2D eigenvalue weighted by Gasteiger charge is -2.15. The maximum Gasteiger partial charge on any atom is 0.435 e. The van der Waals surface area contributed by atoms with Crippen molar-refractivity contribution in [1.82, 2.24) is 29.3 Å². The lowest BCUT2D eigenvalue weighted by Crippen LogP contribution is -2.11. The number of amides is 1. The van der Waals surface area contributed by atoms with Crippen molar-refractivity contribution in [2.24, 2.45) is 0 Å². The van der Waals surface area contributed by atoms with Crippen LogP contribution in [0.5, 0.6) is 0 Å². The van der Waals surface area contributed by atoms with Crippen LogP contribution in [0.2, 0.25) is 0 Å². The summed E-state index contributed by atoms with van der Waals surface area (Å²) >= 11 is 0. The molecule has 1 fully saturated rings. The van der Waals surface area contributed by atoms with E-state index in [1.54, 1.807) is 22.8 Å². The van der Waals surface area contributed by atoms with E-state index in [4.69, 9.17) is 5.73 Å². The number of carbonyl (C=O) groups is 1. The third-order valence-corrected chi connectivity index (χ3v) is 5.18. The van der Waals surface area contributed by atoms with Crippen molar-refractivity contribution < 1.29 is 18.0 Å². The summed E-state index contributed by atoms with van der Waals surface area (Å²) in [4.78, 5) is 24.1. The Hall–Kier alpha value is -3.96. The van der Waals surface area contributed by atoms with Gasteiger partial charge < -0.3 is 11.1 Å². The zero-order chi connectivity index (χ0) is 22.6. The number of hydrogen-bond acceptors (Lipinski definition) is 6. The van der Waals surface area contributed by atoms with Gasteiger partial charge in [-0.15, -0.1) is 0 Å². The van der Waals surface area contributed by atoms with E-state index in [9.17, 15) is 18.0 Å². The highest BCUT2D eigenvalue weighted by Gasteiger charge is 2.38. The number of benzene rings is 1. The second kappa shape index (κ2) is 7.04. The fourth-order valence-electron chi connectivity index (χ4n) is 3.59. The molecule has 1 aliphatic carbocycles. The molecule has 0 saturated heterocycles. The summed E-state index contributed by atoms with van der Waals surface area (Å²) in [6.45, 7) is 1.36. The molecule has 0 spiro atoms. The van der Waals surface area contributed by atoms with Crippen molar-refractivity contribution in [1.29, 1.82) is 0 Å². The van der Waals surface area contributed by atoms with Crippen LogP contribution < -0.4 is 11.1 Å². The van der Waals surface area contributed by atoms with E-state index in [1.807, 2.05) is 0 Å². The Morgan fingerprint density at radius 3 is 2.66 bits per heavy atom. The smallest absolute Gasteiger partial charge is 0.382 e. The topological polar surface area (TPSA) is 117 Å². The molecule has 3 heterocycles. The quantitative estimate of drug-likeness (QED) is 0.500. The molecular formula is C20H17F3N8O. The first-order valence-electron chi connectivity index (χ1n) is 9.75. The number of halogens is 3. The number of alkyl halides is 3. The first-order valence-corrected chi connectivity index (χ1v) is 9.75. The lowest BCUT2D eigenvalue weighted by molar-refractivity contribution is -0.141. The van der Waals surface area contributed by atoms with Crippen molar-refractivity contribution in [3.63, 3.8) is 0 Å². The van der Waals surface area contributed by atoms with E-state index in [0.29, 0.717) is 33.9 Å². The predicted molar refractivity (Wildman–Crippen MR) is 109 cm³/mol. The molecule has 1 saturated carbocycles. The number of nitrogen functional groups attached to an aromatic ring is 1. The van der Waals surface area contributed by atoms with Crippen LogP contribution in [-0.4, -0.2) is 35.2 Å². The molecule has 4 aromatic rings. The van der Waals surface area contributed by atoms with Crippen molar-refractivity contribution in [3.05, 3.63) is 48.3 Å². The molecule has 1 amide bonds. The van der Waals surface area contributed by atoms with Gasteiger partial charge in [0.1, 0.15) is 12.7 Å². The highest BCUT2D eigenvalue weighted by atomic mass is 19.4. The standard InChI is InChI=1S/C20H17F3N8O/c1-10(32)28-13-5-4-12(31-14(11-2-3-11)7-16(29-31)20(21,22)23)6-15(13)30-9-27-17-18(24)25-8-26-19(17)30/h4-9,11H,2-3H2,1H3,(H,28,32)(H2,24,25,26). The van der Waals surface area contributed by atoms with Crippen LogP contribution in [0, 0.1) is 0 Å². The summed E-state index contributed by atoms with van der Waals surface area (Å²) in [5, 5.41) is 6.56. The molecule has 0 atom stereocenters. The molecule has 0 radical (unpaired) electrons. The number of fused-ring (bicyclic) bond motifs is 1. The Morgan fingerprint density at radius 2 is 1.97 bits per heavy atom. The Bertz CT molecular complexity index is 1350. The SMILES string of the molecule is CC(=O)Nc1ccc(-n2nc(C(F)(F)F)cc2C2CC2)cc1-n1cnc2c(N)ncnc21. The van der Waals surface area contributed by atoms with Gasteiger partial charge in [0, 0.05) is 18.5 Å². The van der Waals surface area contributed by atoms with Crippen LogP contribution in [0.3, 0.4) is 0 Å². The maximum absolute atomic E-state index is 13.3. The van der Waals surface area contributed by atoms with Crippen molar-refractivity contribution in [2.75, 3.05) is 11.1 Å². The van der Waals surface area contributed by atoms with Crippen LogP contribution in [-0.2, 0) is 11.0 Å². The van der Waals surface area contributed by atoms with Gasteiger partial charge in [-0.25, -0.2) is 19.6 Å². The molecule has 0 bridgehead atoms. The molecule has 3 aromatic heterocycles. The predicted octanol–water partition coefficient (Wildman–Crippen LogP) is 3.44. The number of hydrogen-bond donors (Lipinski definition) is 2. The van der Waals surface area contributed by atoms with Crippen LogP contribution in [0.1, 0.15) is 37.1 Å². The summed E-state index contributed by atoms with van der Waals surface area (Å²) in [5.41, 5.74) is 7.47. The first kappa shape index (κ1) is 20.0. The average molecular weight is 442 g/mol. The third-order valence-electron chi connectivity index (χ3n) is 5.18. The summed E-state index contributed by atoms with van der Waals surface area (Å²) in [7, 11) is 0. The van der Waals surface area contributed by atoms with E-state index < -0.39 is 11.9 Å². The average Bonchev–Trinajstić information content (AvgIpc) is 3.30. The molecule has 0 aliphatic heterocycles. The van der Waals surface area contributed by atoms with Gasteiger partial charge in [-0.3, -0.25) is 9.36 Å². The van der Waals surface area contributed by atoms with Crippen LogP contribution in [0.4, 0.5) is 24.7 Å². The van der Waals surface area contributed by atoms with Gasteiger partial charge in [-0.05, 0) is 37.1 Å². The van der Waals surface area contributed by atoms with E-state index in [0.717, 1.165) is 18.9 Å². The normalized spacial score (nSPS) is 14.1. The molecule has 1 aromatic carbocycles. The zero-order valence-corrected chi connectivity index (χ0v) is 16.8. The molecule has 9 nitrogen and oxygen atoms in total. The van der Waals surface area contributed by atoms with Gasteiger partial charge >= 0.3 is 6.18 Å². The fraction of sp³-hybridized carbons (Fsp3) is 0.250. The van der Waals surface area contributed by atoms with Crippen molar-refractivity contribution in [2.45, 2.75) is 31.9 Å².